The number of halogens is 2. The summed E-state index contributed by atoms with van der Waals surface area (Å²) in [6.07, 6.45) is 0.945. The first-order chi connectivity index (χ1) is 8.70. The quantitative estimate of drug-likeness (QED) is 0.606. The summed E-state index contributed by atoms with van der Waals surface area (Å²) >= 11 is 6.89. The zero-order valence-corrected chi connectivity index (χ0v) is 12.7. The van der Waals surface area contributed by atoms with Gasteiger partial charge < -0.3 is 0 Å². The van der Waals surface area contributed by atoms with E-state index in [1.54, 1.807) is 0 Å². The number of benzene rings is 2. The normalized spacial score (nSPS) is 12.4. The molecule has 0 radical (unpaired) electrons. The van der Waals surface area contributed by atoms with Gasteiger partial charge in [0, 0.05) is 20.9 Å². The van der Waals surface area contributed by atoms with Crippen LogP contribution in [0.3, 0.4) is 0 Å². The maximum Gasteiger partial charge on any atom is 0.194 e. The minimum atomic E-state index is 0.143. The smallest absolute Gasteiger partial charge is 0.194 e. The highest BCUT2D eigenvalue weighted by Crippen LogP contribution is 2.38. The van der Waals surface area contributed by atoms with Crippen LogP contribution in [0.2, 0.25) is 0 Å². The molecule has 0 unspecified atom stereocenters. The zero-order chi connectivity index (χ0) is 12.7. The summed E-state index contributed by atoms with van der Waals surface area (Å²) in [7, 11) is 0. The first-order valence-corrected chi connectivity index (χ1v) is 7.65. The van der Waals surface area contributed by atoms with Gasteiger partial charge in [-0.15, -0.1) is 0 Å². The Morgan fingerprint density at radius 1 is 0.889 bits per heavy atom. The van der Waals surface area contributed by atoms with E-state index in [2.05, 4.69) is 44.0 Å². The lowest BCUT2D eigenvalue weighted by Gasteiger charge is -2.03. The molecule has 0 aromatic heterocycles. The van der Waals surface area contributed by atoms with E-state index in [4.69, 9.17) is 0 Å². The van der Waals surface area contributed by atoms with Crippen LogP contribution in [0.15, 0.2) is 40.9 Å². The standard InChI is InChI=1S/C15H10Br2O/c16-6-5-9-1-3-11-13-8-10(17)2-4-12(13)15(18)14(11)7-9/h1-4,7-8H,5-6H2. The topological polar surface area (TPSA) is 17.1 Å². The highest BCUT2D eigenvalue weighted by atomic mass is 79.9. The predicted octanol–water partition coefficient (Wildman–Crippen LogP) is 4.60. The minimum Gasteiger partial charge on any atom is -0.289 e. The van der Waals surface area contributed by atoms with E-state index in [9.17, 15) is 4.79 Å². The van der Waals surface area contributed by atoms with Gasteiger partial charge in [-0.1, -0.05) is 44.0 Å². The van der Waals surface area contributed by atoms with E-state index < -0.39 is 0 Å². The number of carbonyl (C=O) groups is 1. The minimum absolute atomic E-state index is 0.143. The van der Waals surface area contributed by atoms with Gasteiger partial charge in [-0.05, 0) is 47.4 Å². The van der Waals surface area contributed by atoms with Gasteiger partial charge in [0.05, 0.1) is 0 Å². The van der Waals surface area contributed by atoms with Gasteiger partial charge in [0.1, 0.15) is 0 Å². The van der Waals surface area contributed by atoms with Crippen LogP contribution in [0, 0.1) is 0 Å². The van der Waals surface area contributed by atoms with Crippen molar-refractivity contribution in [2.24, 2.45) is 0 Å². The fourth-order valence-corrected chi connectivity index (χ4v) is 3.18. The third kappa shape index (κ3) is 1.86. The fourth-order valence-electron chi connectivity index (χ4n) is 2.36. The molecule has 0 saturated heterocycles. The SMILES string of the molecule is O=C1c2cc(CCBr)ccc2-c2cc(Br)ccc21. The third-order valence-corrected chi connectivity index (χ3v) is 4.12. The molecule has 0 heterocycles. The summed E-state index contributed by atoms with van der Waals surface area (Å²) in [5.74, 6) is 0.143. The van der Waals surface area contributed by atoms with Crippen LogP contribution in [0.25, 0.3) is 11.1 Å². The van der Waals surface area contributed by atoms with Gasteiger partial charge in [-0.3, -0.25) is 4.79 Å². The number of carbonyl (C=O) groups excluding carboxylic acids is 1. The van der Waals surface area contributed by atoms with Crippen molar-refractivity contribution >= 4 is 37.6 Å². The van der Waals surface area contributed by atoms with E-state index in [0.29, 0.717) is 0 Å². The molecule has 1 nitrogen and oxygen atoms in total. The number of aryl methyl sites for hydroxylation is 1. The molecule has 0 N–H and O–H groups in total. The van der Waals surface area contributed by atoms with Crippen molar-refractivity contribution in [1.29, 1.82) is 0 Å². The Hall–Kier alpha value is -0.930. The first kappa shape index (κ1) is 12.1. The van der Waals surface area contributed by atoms with Crippen molar-refractivity contribution in [2.75, 3.05) is 5.33 Å². The molecule has 2 aromatic carbocycles. The number of ketones is 1. The lowest BCUT2D eigenvalue weighted by atomic mass is 10.0. The Labute approximate surface area is 122 Å². The fraction of sp³-hybridized carbons (Fsp3) is 0.133. The largest absolute Gasteiger partial charge is 0.289 e. The second kappa shape index (κ2) is 4.63. The second-order valence-corrected chi connectivity index (χ2v) is 6.05. The van der Waals surface area contributed by atoms with E-state index in [-0.39, 0.29) is 5.78 Å². The van der Waals surface area contributed by atoms with Crippen LogP contribution in [-0.2, 0) is 6.42 Å². The van der Waals surface area contributed by atoms with Gasteiger partial charge in [-0.2, -0.15) is 0 Å². The number of alkyl halides is 1. The third-order valence-electron chi connectivity index (χ3n) is 3.23. The number of hydrogen-bond donors (Lipinski definition) is 0. The van der Waals surface area contributed by atoms with Crippen LogP contribution < -0.4 is 0 Å². The molecule has 0 aliphatic heterocycles. The zero-order valence-electron chi connectivity index (χ0n) is 9.54. The molecule has 2 aromatic rings. The lowest BCUT2D eigenvalue weighted by Crippen LogP contribution is -1.96. The molecule has 0 spiro atoms. The number of rotatable bonds is 2. The van der Waals surface area contributed by atoms with Crippen LogP contribution in [0.1, 0.15) is 21.5 Å². The van der Waals surface area contributed by atoms with E-state index >= 15 is 0 Å². The molecule has 0 bridgehead atoms. The Kier molecular flexibility index (Phi) is 3.12. The van der Waals surface area contributed by atoms with Crippen LogP contribution in [0.5, 0.6) is 0 Å². The molecular formula is C15H10Br2O. The molecule has 1 aliphatic carbocycles. The molecule has 0 amide bonds. The van der Waals surface area contributed by atoms with Crippen molar-refractivity contribution < 1.29 is 4.79 Å². The number of hydrogen-bond acceptors (Lipinski definition) is 1. The van der Waals surface area contributed by atoms with Crippen molar-refractivity contribution in [3.05, 3.63) is 57.6 Å². The summed E-state index contributed by atoms with van der Waals surface area (Å²) in [5.41, 5.74) is 4.93. The second-order valence-electron chi connectivity index (χ2n) is 4.34. The van der Waals surface area contributed by atoms with Gasteiger partial charge in [0.25, 0.3) is 0 Å². The van der Waals surface area contributed by atoms with Gasteiger partial charge in [-0.25, -0.2) is 0 Å². The summed E-state index contributed by atoms with van der Waals surface area (Å²) in [5, 5.41) is 0.915. The van der Waals surface area contributed by atoms with Gasteiger partial charge in [0.2, 0.25) is 0 Å². The Morgan fingerprint density at radius 3 is 2.44 bits per heavy atom. The van der Waals surface area contributed by atoms with Gasteiger partial charge in [0.15, 0.2) is 5.78 Å². The molecule has 3 heteroatoms. The van der Waals surface area contributed by atoms with Crippen molar-refractivity contribution in [1.82, 2.24) is 0 Å². The summed E-state index contributed by atoms with van der Waals surface area (Å²) in [4.78, 5) is 12.3. The summed E-state index contributed by atoms with van der Waals surface area (Å²) in [6, 6.07) is 12.0. The average Bonchev–Trinajstić information content (AvgIpc) is 2.63. The maximum absolute atomic E-state index is 12.3. The number of fused-ring (bicyclic) bond motifs is 3. The molecule has 1 aliphatic rings. The lowest BCUT2D eigenvalue weighted by molar-refractivity contribution is 0.104. The summed E-state index contributed by atoms with van der Waals surface area (Å²) in [6.45, 7) is 0. The van der Waals surface area contributed by atoms with E-state index in [1.165, 1.54) is 5.56 Å². The molecular weight excluding hydrogens is 356 g/mol. The average molecular weight is 366 g/mol. The van der Waals surface area contributed by atoms with Crippen molar-refractivity contribution in [3.8, 4) is 11.1 Å². The van der Waals surface area contributed by atoms with E-state index in [0.717, 1.165) is 38.5 Å². The van der Waals surface area contributed by atoms with Gasteiger partial charge >= 0.3 is 0 Å². The molecule has 0 saturated carbocycles. The Balaban J connectivity index is 2.18. The van der Waals surface area contributed by atoms with E-state index in [1.807, 2.05) is 24.3 Å². The van der Waals surface area contributed by atoms with Crippen molar-refractivity contribution in [3.63, 3.8) is 0 Å². The summed E-state index contributed by atoms with van der Waals surface area (Å²) < 4.78 is 1.01. The highest BCUT2D eigenvalue weighted by molar-refractivity contribution is 9.10. The Morgan fingerprint density at radius 2 is 1.67 bits per heavy atom. The maximum atomic E-state index is 12.3. The molecule has 18 heavy (non-hydrogen) atoms. The monoisotopic (exact) mass is 364 g/mol. The molecule has 0 atom stereocenters. The molecule has 90 valence electrons. The predicted molar refractivity (Wildman–Crippen MR) is 80.5 cm³/mol. The Bertz CT molecular complexity index is 647. The van der Waals surface area contributed by atoms with Crippen LogP contribution >= 0.6 is 31.9 Å². The molecule has 0 fully saturated rings. The first-order valence-electron chi connectivity index (χ1n) is 5.74. The van der Waals surface area contributed by atoms with Crippen molar-refractivity contribution in [2.45, 2.75) is 6.42 Å². The van der Waals surface area contributed by atoms with Crippen LogP contribution in [0.4, 0.5) is 0 Å². The molecule has 3 rings (SSSR count). The van der Waals surface area contributed by atoms with Crippen LogP contribution in [-0.4, -0.2) is 11.1 Å². The highest BCUT2D eigenvalue weighted by Gasteiger charge is 2.26.